The van der Waals surface area contributed by atoms with Gasteiger partial charge in [-0.25, -0.2) is 0 Å². The SMILES string of the molecule is C=CCN(CC=C)C(=O)CNc1ccc(NC(=O)c2cccc(C)c2)cc1. The molecule has 27 heavy (non-hydrogen) atoms. The van der Waals surface area contributed by atoms with Crippen molar-refractivity contribution < 1.29 is 9.59 Å². The third kappa shape index (κ3) is 6.15. The zero-order chi connectivity index (χ0) is 19.6. The zero-order valence-electron chi connectivity index (χ0n) is 15.6. The molecule has 2 amide bonds. The van der Waals surface area contributed by atoms with Crippen LogP contribution in [0.5, 0.6) is 0 Å². The molecule has 0 saturated carbocycles. The first-order valence-corrected chi connectivity index (χ1v) is 8.75. The van der Waals surface area contributed by atoms with Crippen molar-refractivity contribution in [1.29, 1.82) is 0 Å². The minimum Gasteiger partial charge on any atom is -0.376 e. The molecule has 2 N–H and O–H groups in total. The molecule has 0 aliphatic rings. The van der Waals surface area contributed by atoms with Crippen LogP contribution >= 0.6 is 0 Å². The van der Waals surface area contributed by atoms with Crippen LogP contribution in [0.4, 0.5) is 11.4 Å². The monoisotopic (exact) mass is 363 g/mol. The maximum absolute atomic E-state index is 12.3. The van der Waals surface area contributed by atoms with E-state index in [1.54, 1.807) is 35.3 Å². The molecule has 2 rings (SSSR count). The van der Waals surface area contributed by atoms with E-state index in [4.69, 9.17) is 0 Å². The second-order valence-corrected chi connectivity index (χ2v) is 6.13. The zero-order valence-corrected chi connectivity index (χ0v) is 15.6. The van der Waals surface area contributed by atoms with E-state index in [2.05, 4.69) is 23.8 Å². The van der Waals surface area contributed by atoms with Gasteiger partial charge in [0.2, 0.25) is 5.91 Å². The number of aryl methyl sites for hydroxylation is 1. The Balaban J connectivity index is 1.91. The summed E-state index contributed by atoms with van der Waals surface area (Å²) < 4.78 is 0. The fourth-order valence-electron chi connectivity index (χ4n) is 2.54. The molecule has 0 atom stereocenters. The number of anilines is 2. The largest absolute Gasteiger partial charge is 0.376 e. The summed E-state index contributed by atoms with van der Waals surface area (Å²) in [6, 6.07) is 14.7. The number of benzene rings is 2. The average Bonchev–Trinajstić information content (AvgIpc) is 2.67. The highest BCUT2D eigenvalue weighted by atomic mass is 16.2. The minimum absolute atomic E-state index is 0.0355. The van der Waals surface area contributed by atoms with Gasteiger partial charge in [0, 0.05) is 30.0 Å². The number of rotatable bonds is 9. The summed E-state index contributed by atoms with van der Waals surface area (Å²) in [6.07, 6.45) is 3.38. The lowest BCUT2D eigenvalue weighted by Gasteiger charge is -2.19. The second-order valence-electron chi connectivity index (χ2n) is 6.13. The Morgan fingerprint density at radius 3 is 2.22 bits per heavy atom. The van der Waals surface area contributed by atoms with E-state index in [1.165, 1.54) is 0 Å². The van der Waals surface area contributed by atoms with Crippen molar-refractivity contribution in [3.63, 3.8) is 0 Å². The van der Waals surface area contributed by atoms with Crippen LogP contribution in [0.2, 0.25) is 0 Å². The topological polar surface area (TPSA) is 61.4 Å². The van der Waals surface area contributed by atoms with Gasteiger partial charge in [-0.05, 0) is 43.3 Å². The number of carbonyl (C=O) groups excluding carboxylic acids is 2. The molecule has 0 saturated heterocycles. The summed E-state index contributed by atoms with van der Waals surface area (Å²) >= 11 is 0. The van der Waals surface area contributed by atoms with Gasteiger partial charge in [0.1, 0.15) is 0 Å². The van der Waals surface area contributed by atoms with Crippen molar-refractivity contribution in [2.75, 3.05) is 30.3 Å². The average molecular weight is 363 g/mol. The van der Waals surface area contributed by atoms with Crippen molar-refractivity contribution in [3.8, 4) is 0 Å². The number of amides is 2. The molecule has 2 aromatic rings. The molecule has 2 aromatic carbocycles. The van der Waals surface area contributed by atoms with Gasteiger partial charge in [-0.15, -0.1) is 13.2 Å². The lowest BCUT2D eigenvalue weighted by molar-refractivity contribution is -0.128. The van der Waals surface area contributed by atoms with Crippen LogP contribution in [0, 0.1) is 6.92 Å². The molecule has 0 aliphatic heterocycles. The summed E-state index contributed by atoms with van der Waals surface area (Å²) in [5.41, 5.74) is 3.15. The van der Waals surface area contributed by atoms with Crippen molar-refractivity contribution in [2.45, 2.75) is 6.92 Å². The summed E-state index contributed by atoms with van der Waals surface area (Å²) in [6.45, 7) is 10.4. The molecule has 140 valence electrons. The van der Waals surface area contributed by atoms with Gasteiger partial charge >= 0.3 is 0 Å². The van der Waals surface area contributed by atoms with Gasteiger partial charge in [0.05, 0.1) is 6.54 Å². The van der Waals surface area contributed by atoms with Gasteiger partial charge in [0.25, 0.3) is 5.91 Å². The molecule has 0 fully saturated rings. The van der Waals surface area contributed by atoms with Gasteiger partial charge in [0.15, 0.2) is 0 Å². The molecule has 5 nitrogen and oxygen atoms in total. The number of nitrogens with one attached hydrogen (secondary N) is 2. The van der Waals surface area contributed by atoms with E-state index in [0.29, 0.717) is 24.3 Å². The van der Waals surface area contributed by atoms with Crippen LogP contribution in [-0.2, 0) is 4.79 Å². The fraction of sp³-hybridized carbons (Fsp3) is 0.182. The highest BCUT2D eigenvalue weighted by Crippen LogP contribution is 2.15. The number of nitrogens with zero attached hydrogens (tertiary/aromatic N) is 1. The summed E-state index contributed by atoms with van der Waals surface area (Å²) in [7, 11) is 0. The van der Waals surface area contributed by atoms with E-state index in [-0.39, 0.29) is 18.4 Å². The highest BCUT2D eigenvalue weighted by molar-refractivity contribution is 6.04. The molecular formula is C22H25N3O2. The molecule has 0 unspecified atom stereocenters. The Morgan fingerprint density at radius 1 is 1.00 bits per heavy atom. The van der Waals surface area contributed by atoms with Crippen molar-refractivity contribution >= 4 is 23.2 Å². The van der Waals surface area contributed by atoms with Crippen LogP contribution in [0.1, 0.15) is 15.9 Å². The molecule has 0 aromatic heterocycles. The summed E-state index contributed by atoms with van der Waals surface area (Å²) in [4.78, 5) is 26.1. The van der Waals surface area contributed by atoms with Gasteiger partial charge in [-0.1, -0.05) is 29.8 Å². The predicted molar refractivity (Wildman–Crippen MR) is 111 cm³/mol. The Hall–Kier alpha value is -3.34. The first-order chi connectivity index (χ1) is 13.0. The van der Waals surface area contributed by atoms with E-state index in [1.807, 2.05) is 37.3 Å². The van der Waals surface area contributed by atoms with Gasteiger partial charge in [-0.2, -0.15) is 0 Å². The third-order valence-electron chi connectivity index (χ3n) is 3.92. The van der Waals surface area contributed by atoms with Crippen molar-refractivity contribution in [3.05, 3.63) is 85.0 Å². The quantitative estimate of drug-likeness (QED) is 0.665. The maximum Gasteiger partial charge on any atom is 0.255 e. The van der Waals surface area contributed by atoms with Gasteiger partial charge in [-0.3, -0.25) is 9.59 Å². The summed E-state index contributed by atoms with van der Waals surface area (Å²) in [5.74, 6) is -0.189. The lowest BCUT2D eigenvalue weighted by Crippen LogP contribution is -2.35. The molecule has 5 heteroatoms. The molecule has 0 aliphatic carbocycles. The molecule has 0 radical (unpaired) electrons. The minimum atomic E-state index is -0.154. The number of hydrogen-bond donors (Lipinski definition) is 2. The Morgan fingerprint density at radius 2 is 1.63 bits per heavy atom. The predicted octanol–water partition coefficient (Wildman–Crippen LogP) is 3.86. The van der Waals surface area contributed by atoms with E-state index >= 15 is 0 Å². The van der Waals surface area contributed by atoms with E-state index < -0.39 is 0 Å². The normalized spacial score (nSPS) is 9.96. The lowest BCUT2D eigenvalue weighted by atomic mass is 10.1. The van der Waals surface area contributed by atoms with E-state index in [9.17, 15) is 9.59 Å². The second kappa shape index (κ2) is 9.97. The third-order valence-corrected chi connectivity index (χ3v) is 3.92. The first kappa shape index (κ1) is 20.0. The van der Waals surface area contributed by atoms with Crippen molar-refractivity contribution in [1.82, 2.24) is 4.90 Å². The molecule has 0 spiro atoms. The Labute approximate surface area is 160 Å². The Bertz CT molecular complexity index is 803. The standard InChI is InChI=1S/C22H25N3O2/c1-4-13-25(14-5-2)21(26)16-23-19-9-11-20(12-10-19)24-22(27)18-8-6-7-17(3)15-18/h4-12,15,23H,1-2,13-14,16H2,3H3,(H,24,27). The van der Waals surface area contributed by atoms with Crippen LogP contribution in [0.15, 0.2) is 73.8 Å². The molecule has 0 bridgehead atoms. The van der Waals surface area contributed by atoms with Crippen LogP contribution in [0.25, 0.3) is 0 Å². The Kier molecular flexibility index (Phi) is 7.37. The summed E-state index contributed by atoms with van der Waals surface area (Å²) in [5, 5.41) is 5.95. The van der Waals surface area contributed by atoms with Crippen LogP contribution in [-0.4, -0.2) is 36.3 Å². The van der Waals surface area contributed by atoms with Crippen molar-refractivity contribution in [2.24, 2.45) is 0 Å². The van der Waals surface area contributed by atoms with Crippen LogP contribution < -0.4 is 10.6 Å². The molecular weight excluding hydrogens is 338 g/mol. The van der Waals surface area contributed by atoms with Crippen LogP contribution in [0.3, 0.4) is 0 Å². The maximum atomic E-state index is 12.3. The smallest absolute Gasteiger partial charge is 0.255 e. The fourth-order valence-corrected chi connectivity index (χ4v) is 2.54. The first-order valence-electron chi connectivity index (χ1n) is 8.75. The van der Waals surface area contributed by atoms with E-state index in [0.717, 1.165) is 11.3 Å². The van der Waals surface area contributed by atoms with Gasteiger partial charge < -0.3 is 15.5 Å². The highest BCUT2D eigenvalue weighted by Gasteiger charge is 2.10. The molecule has 0 heterocycles. The number of hydrogen-bond acceptors (Lipinski definition) is 3. The number of carbonyl (C=O) groups is 2.